The summed E-state index contributed by atoms with van der Waals surface area (Å²) in [6, 6.07) is 18.4. The van der Waals surface area contributed by atoms with E-state index in [1.54, 1.807) is 11.6 Å². The first-order chi connectivity index (χ1) is 13.0. The van der Waals surface area contributed by atoms with Crippen LogP contribution in [0.3, 0.4) is 0 Å². The van der Waals surface area contributed by atoms with Crippen molar-refractivity contribution in [3.8, 4) is 11.3 Å². The molecule has 138 valence electrons. The Morgan fingerprint density at radius 3 is 2.59 bits per heavy atom. The Balaban J connectivity index is 2.05. The monoisotopic (exact) mass is 361 g/mol. The zero-order chi connectivity index (χ0) is 19.4. The maximum Gasteiger partial charge on any atom is 0.267 e. The highest BCUT2D eigenvalue weighted by molar-refractivity contribution is 5.91. The van der Waals surface area contributed by atoms with E-state index in [0.717, 1.165) is 28.3 Å². The summed E-state index contributed by atoms with van der Waals surface area (Å²) in [7, 11) is 0. The number of nitrogens with zero attached hydrogens (tertiary/aromatic N) is 2. The molecule has 0 saturated heterocycles. The second-order valence-corrected chi connectivity index (χ2v) is 6.48. The molecule has 0 fully saturated rings. The Labute approximate surface area is 159 Å². The minimum atomic E-state index is -0.560. The van der Waals surface area contributed by atoms with E-state index in [2.05, 4.69) is 23.6 Å². The number of amides is 1. The van der Waals surface area contributed by atoms with Crippen molar-refractivity contribution in [1.29, 1.82) is 0 Å². The largest absolute Gasteiger partial charge is 0.321 e. The molecule has 0 bridgehead atoms. The summed E-state index contributed by atoms with van der Waals surface area (Å²) in [5, 5.41) is 8.63. The molecule has 2 N–H and O–H groups in total. The van der Waals surface area contributed by atoms with Crippen LogP contribution in [0.4, 0.5) is 0 Å². The lowest BCUT2D eigenvalue weighted by atomic mass is 10.0. The van der Waals surface area contributed by atoms with E-state index in [1.165, 1.54) is 11.6 Å². The summed E-state index contributed by atoms with van der Waals surface area (Å²) in [4.78, 5) is 15.9. The lowest BCUT2D eigenvalue weighted by Crippen LogP contribution is -2.14. The van der Waals surface area contributed by atoms with Gasteiger partial charge in [-0.15, -0.1) is 0 Å². The van der Waals surface area contributed by atoms with Gasteiger partial charge in [0, 0.05) is 11.6 Å². The minimum absolute atomic E-state index is 0.141. The van der Waals surface area contributed by atoms with Crippen LogP contribution in [0.5, 0.6) is 0 Å². The average Bonchev–Trinajstić information content (AvgIpc) is 3.00. The van der Waals surface area contributed by atoms with Crippen LogP contribution >= 0.6 is 0 Å². The highest BCUT2D eigenvalue weighted by Crippen LogP contribution is 2.31. The maximum absolute atomic E-state index is 11.2. The Kier molecular flexibility index (Phi) is 5.52. The molecule has 0 radical (unpaired) electrons. The van der Waals surface area contributed by atoms with E-state index in [1.807, 2.05) is 56.3 Å². The third kappa shape index (κ3) is 3.99. The van der Waals surface area contributed by atoms with E-state index in [0.29, 0.717) is 0 Å². The smallest absolute Gasteiger partial charge is 0.267 e. The van der Waals surface area contributed by atoms with Crippen molar-refractivity contribution >= 4 is 12.0 Å². The summed E-state index contributed by atoms with van der Waals surface area (Å²) >= 11 is 0. The van der Waals surface area contributed by atoms with Gasteiger partial charge in [0.15, 0.2) is 0 Å². The van der Waals surface area contributed by atoms with Gasteiger partial charge in [-0.1, -0.05) is 48.5 Å². The molecule has 0 saturated carbocycles. The van der Waals surface area contributed by atoms with Gasteiger partial charge in [-0.2, -0.15) is 0 Å². The van der Waals surface area contributed by atoms with Gasteiger partial charge in [0.2, 0.25) is 0 Å². The lowest BCUT2D eigenvalue weighted by molar-refractivity contribution is -0.124. The van der Waals surface area contributed by atoms with Crippen molar-refractivity contribution in [2.75, 3.05) is 0 Å². The molecule has 1 aromatic heterocycles. The normalized spacial score (nSPS) is 12.3. The molecule has 27 heavy (non-hydrogen) atoms. The number of imidazole rings is 1. The van der Waals surface area contributed by atoms with Gasteiger partial charge in [0.25, 0.3) is 5.91 Å². The van der Waals surface area contributed by atoms with Crippen LogP contribution in [0.15, 0.2) is 60.7 Å². The van der Waals surface area contributed by atoms with Crippen LogP contribution in [-0.4, -0.2) is 20.7 Å². The number of aryl methyl sites for hydroxylation is 2. The predicted molar refractivity (Wildman–Crippen MR) is 106 cm³/mol. The summed E-state index contributed by atoms with van der Waals surface area (Å²) in [5.41, 5.74) is 6.74. The molecule has 3 rings (SSSR count). The molecule has 2 aromatic carbocycles. The molecule has 1 heterocycles. The second kappa shape index (κ2) is 8.01. The number of carbonyl (C=O) groups excluding carboxylic acids is 1. The summed E-state index contributed by atoms with van der Waals surface area (Å²) in [6.07, 6.45) is 2.96. The molecule has 0 unspecified atom stereocenters. The zero-order valence-electron chi connectivity index (χ0n) is 15.7. The van der Waals surface area contributed by atoms with E-state index in [4.69, 9.17) is 10.2 Å². The van der Waals surface area contributed by atoms with Gasteiger partial charge in [-0.3, -0.25) is 10.0 Å². The van der Waals surface area contributed by atoms with Crippen molar-refractivity contribution < 1.29 is 10.0 Å². The fourth-order valence-corrected chi connectivity index (χ4v) is 3.39. The number of rotatable bonds is 5. The molecular formula is C22H23N3O2. The highest BCUT2D eigenvalue weighted by Gasteiger charge is 2.19. The average molecular weight is 361 g/mol. The van der Waals surface area contributed by atoms with Gasteiger partial charge < -0.3 is 4.57 Å². The van der Waals surface area contributed by atoms with Crippen LogP contribution < -0.4 is 5.48 Å². The second-order valence-electron chi connectivity index (χ2n) is 6.48. The number of hydroxylamine groups is 1. The molecule has 0 aliphatic heterocycles. The van der Waals surface area contributed by atoms with Crippen molar-refractivity contribution in [2.45, 2.75) is 26.8 Å². The Hall–Kier alpha value is -3.18. The van der Waals surface area contributed by atoms with Gasteiger partial charge in [-0.05, 0) is 44.0 Å². The first-order valence-electron chi connectivity index (χ1n) is 8.84. The molecule has 1 amide bonds. The van der Waals surface area contributed by atoms with E-state index in [-0.39, 0.29) is 6.04 Å². The maximum atomic E-state index is 11.2. The van der Waals surface area contributed by atoms with Crippen LogP contribution in [0.2, 0.25) is 0 Å². The summed E-state index contributed by atoms with van der Waals surface area (Å²) in [5.74, 6) is 0.398. The van der Waals surface area contributed by atoms with E-state index in [9.17, 15) is 4.79 Å². The van der Waals surface area contributed by atoms with Crippen molar-refractivity contribution in [2.24, 2.45) is 0 Å². The molecule has 5 nitrogen and oxygen atoms in total. The number of hydrogen-bond acceptors (Lipinski definition) is 3. The quantitative estimate of drug-likeness (QED) is 0.405. The SMILES string of the molecule is Cc1nc(C)n([C@H](C)c2ccccc2)c1-c1cccc(C=CC(=O)NO)c1. The van der Waals surface area contributed by atoms with Crippen molar-refractivity contribution in [3.05, 3.63) is 83.3 Å². The standard InChI is InChI=1S/C22H23N3O2/c1-15-22(20-11-7-8-18(14-20)12-13-21(26)24-27)25(17(3)23-15)16(2)19-9-5-4-6-10-19/h4-14,16,27H,1-3H3,(H,24,26)/t16-/m1/s1. The molecule has 0 aliphatic rings. The topological polar surface area (TPSA) is 67.2 Å². The zero-order valence-corrected chi connectivity index (χ0v) is 15.7. The van der Waals surface area contributed by atoms with Crippen LogP contribution in [0, 0.1) is 13.8 Å². The summed E-state index contributed by atoms with van der Waals surface area (Å²) < 4.78 is 2.24. The summed E-state index contributed by atoms with van der Waals surface area (Å²) in [6.45, 7) is 6.20. The third-order valence-electron chi connectivity index (χ3n) is 4.63. The van der Waals surface area contributed by atoms with E-state index < -0.39 is 5.91 Å². The van der Waals surface area contributed by atoms with Crippen molar-refractivity contribution in [1.82, 2.24) is 15.0 Å². The molecule has 0 aliphatic carbocycles. The first-order valence-corrected chi connectivity index (χ1v) is 8.84. The fraction of sp³-hybridized carbons (Fsp3) is 0.182. The van der Waals surface area contributed by atoms with Crippen molar-refractivity contribution in [3.63, 3.8) is 0 Å². The van der Waals surface area contributed by atoms with Gasteiger partial charge in [0.1, 0.15) is 5.82 Å². The number of aromatic nitrogens is 2. The van der Waals surface area contributed by atoms with Gasteiger partial charge in [-0.25, -0.2) is 10.5 Å². The predicted octanol–water partition coefficient (Wildman–Crippen LogP) is 4.29. The third-order valence-corrected chi connectivity index (χ3v) is 4.63. The van der Waals surface area contributed by atoms with Gasteiger partial charge in [0.05, 0.1) is 17.4 Å². The molecule has 5 heteroatoms. The molecule has 3 aromatic rings. The highest BCUT2D eigenvalue weighted by atomic mass is 16.5. The minimum Gasteiger partial charge on any atom is -0.321 e. The van der Waals surface area contributed by atoms with Crippen LogP contribution in [0.25, 0.3) is 17.3 Å². The lowest BCUT2D eigenvalue weighted by Gasteiger charge is -2.20. The van der Waals surface area contributed by atoms with E-state index >= 15 is 0 Å². The Bertz CT molecular complexity index is 974. The molecule has 0 spiro atoms. The number of carbonyl (C=O) groups is 1. The molecular weight excluding hydrogens is 338 g/mol. The Morgan fingerprint density at radius 1 is 1.15 bits per heavy atom. The first kappa shape index (κ1) is 18.6. The molecule has 1 atom stereocenters. The van der Waals surface area contributed by atoms with Gasteiger partial charge >= 0.3 is 0 Å². The number of nitrogens with one attached hydrogen (secondary N) is 1. The number of benzene rings is 2. The van der Waals surface area contributed by atoms with Crippen LogP contribution in [0.1, 0.15) is 35.6 Å². The Morgan fingerprint density at radius 2 is 1.89 bits per heavy atom. The fourth-order valence-electron chi connectivity index (χ4n) is 3.39. The number of hydrogen-bond donors (Lipinski definition) is 2. The van der Waals surface area contributed by atoms with Crippen LogP contribution in [-0.2, 0) is 4.79 Å².